The van der Waals surface area contributed by atoms with E-state index in [1.807, 2.05) is 0 Å². The van der Waals surface area contributed by atoms with Gasteiger partial charge in [-0.15, -0.1) is 0 Å². The molecule has 0 radical (unpaired) electrons. The Morgan fingerprint density at radius 3 is 2.60 bits per heavy atom. The minimum Gasteiger partial charge on any atom is -0.370 e. The van der Waals surface area contributed by atoms with Crippen LogP contribution in [0.25, 0.3) is 10.9 Å². The number of hydrogen-bond acceptors (Lipinski definition) is 2. The van der Waals surface area contributed by atoms with Crippen LogP contribution in [0.1, 0.15) is 57.6 Å². The number of anilines is 1. The van der Waals surface area contributed by atoms with Crippen LogP contribution in [0.4, 0.5) is 5.82 Å². The number of fused-ring (bicyclic) bond motifs is 1. The van der Waals surface area contributed by atoms with E-state index in [0.29, 0.717) is 5.92 Å². The second-order valence-electron chi connectivity index (χ2n) is 5.75. The Morgan fingerprint density at radius 1 is 1.15 bits per heavy atom. The van der Waals surface area contributed by atoms with Gasteiger partial charge in [0.25, 0.3) is 0 Å². The van der Waals surface area contributed by atoms with Gasteiger partial charge in [0.1, 0.15) is 5.82 Å². The molecule has 0 saturated carbocycles. The van der Waals surface area contributed by atoms with Gasteiger partial charge in [0, 0.05) is 11.9 Å². The summed E-state index contributed by atoms with van der Waals surface area (Å²) in [6, 6.07) is 8.84. The summed E-state index contributed by atoms with van der Waals surface area (Å²) in [5, 5.41) is 4.76. The molecule has 20 heavy (non-hydrogen) atoms. The number of rotatable bonds is 6. The fourth-order valence-corrected chi connectivity index (χ4v) is 2.59. The van der Waals surface area contributed by atoms with Crippen LogP contribution in [0.15, 0.2) is 24.3 Å². The van der Waals surface area contributed by atoms with Gasteiger partial charge in [0.05, 0.1) is 5.52 Å². The van der Waals surface area contributed by atoms with Crippen LogP contribution in [0.5, 0.6) is 0 Å². The van der Waals surface area contributed by atoms with E-state index in [9.17, 15) is 0 Å². The Hall–Kier alpha value is -1.57. The Kier molecular flexibility index (Phi) is 4.99. The van der Waals surface area contributed by atoms with Gasteiger partial charge in [-0.1, -0.05) is 52.3 Å². The van der Waals surface area contributed by atoms with Gasteiger partial charge in [-0.3, -0.25) is 0 Å². The first kappa shape index (κ1) is 14.8. The van der Waals surface area contributed by atoms with E-state index >= 15 is 0 Å². The average Bonchev–Trinajstić information content (AvgIpc) is 2.44. The Bertz CT molecular complexity index is 573. The monoisotopic (exact) mass is 270 g/mol. The normalized spacial score (nSPS) is 11.2. The summed E-state index contributed by atoms with van der Waals surface area (Å²) >= 11 is 0. The summed E-state index contributed by atoms with van der Waals surface area (Å²) in [4.78, 5) is 4.94. The summed E-state index contributed by atoms with van der Waals surface area (Å²) in [6.07, 6.45) is 3.36. The zero-order chi connectivity index (χ0) is 14.5. The van der Waals surface area contributed by atoms with E-state index in [0.717, 1.165) is 37.1 Å². The second-order valence-corrected chi connectivity index (χ2v) is 5.75. The highest BCUT2D eigenvalue weighted by atomic mass is 15.0. The molecule has 0 atom stereocenters. The number of nitrogens with one attached hydrogen (secondary N) is 1. The number of hydrogen-bond donors (Lipinski definition) is 1. The number of pyridine rings is 1. The van der Waals surface area contributed by atoms with Crippen LogP contribution in [0, 0.1) is 0 Å². The van der Waals surface area contributed by atoms with Gasteiger partial charge in [-0.2, -0.15) is 0 Å². The molecular formula is C18H26N2. The van der Waals surface area contributed by atoms with Gasteiger partial charge < -0.3 is 5.32 Å². The SMILES string of the molecule is CCCNc1nc2c(C(C)C)cccc2cc1CCC. The van der Waals surface area contributed by atoms with Crippen LogP contribution in [-0.4, -0.2) is 11.5 Å². The molecule has 0 aliphatic rings. The van der Waals surface area contributed by atoms with Crippen molar-refractivity contribution in [3.05, 3.63) is 35.4 Å². The van der Waals surface area contributed by atoms with E-state index in [2.05, 4.69) is 57.3 Å². The van der Waals surface area contributed by atoms with Crippen LogP contribution in [-0.2, 0) is 6.42 Å². The highest BCUT2D eigenvalue weighted by molar-refractivity contribution is 5.85. The number of nitrogens with zero attached hydrogens (tertiary/aromatic N) is 1. The van der Waals surface area contributed by atoms with Crippen LogP contribution < -0.4 is 5.32 Å². The smallest absolute Gasteiger partial charge is 0.129 e. The summed E-state index contributed by atoms with van der Waals surface area (Å²) in [6.45, 7) is 9.86. The third-order valence-corrected chi connectivity index (χ3v) is 3.64. The van der Waals surface area contributed by atoms with Crippen molar-refractivity contribution in [2.75, 3.05) is 11.9 Å². The molecule has 2 nitrogen and oxygen atoms in total. The molecule has 0 aliphatic heterocycles. The number of aryl methyl sites for hydroxylation is 1. The molecule has 2 heteroatoms. The molecule has 0 saturated heterocycles. The maximum Gasteiger partial charge on any atom is 0.129 e. The van der Waals surface area contributed by atoms with Crippen molar-refractivity contribution in [1.82, 2.24) is 4.98 Å². The first-order valence-corrected chi connectivity index (χ1v) is 7.83. The molecule has 0 unspecified atom stereocenters. The van der Waals surface area contributed by atoms with Crippen molar-refractivity contribution >= 4 is 16.7 Å². The minimum atomic E-state index is 0.502. The fraction of sp³-hybridized carbons (Fsp3) is 0.500. The van der Waals surface area contributed by atoms with Crippen molar-refractivity contribution < 1.29 is 0 Å². The van der Waals surface area contributed by atoms with E-state index in [1.54, 1.807) is 0 Å². The quantitative estimate of drug-likeness (QED) is 0.786. The summed E-state index contributed by atoms with van der Waals surface area (Å²) < 4.78 is 0. The molecule has 1 aromatic heterocycles. The van der Waals surface area contributed by atoms with Crippen LogP contribution in [0.3, 0.4) is 0 Å². The predicted molar refractivity (Wildman–Crippen MR) is 88.6 cm³/mol. The molecular weight excluding hydrogens is 244 g/mol. The molecule has 0 spiro atoms. The fourth-order valence-electron chi connectivity index (χ4n) is 2.59. The lowest BCUT2D eigenvalue weighted by molar-refractivity contribution is 0.870. The third kappa shape index (κ3) is 3.12. The maximum absolute atomic E-state index is 4.94. The molecule has 0 aliphatic carbocycles. The van der Waals surface area contributed by atoms with E-state index in [1.165, 1.54) is 16.5 Å². The molecule has 2 aromatic rings. The van der Waals surface area contributed by atoms with Crippen molar-refractivity contribution in [3.8, 4) is 0 Å². The lowest BCUT2D eigenvalue weighted by atomic mass is 9.98. The largest absolute Gasteiger partial charge is 0.370 e. The molecule has 108 valence electrons. The molecule has 0 amide bonds. The molecule has 0 fully saturated rings. The lowest BCUT2D eigenvalue weighted by Crippen LogP contribution is -2.06. The van der Waals surface area contributed by atoms with Gasteiger partial charge in [0.15, 0.2) is 0 Å². The summed E-state index contributed by atoms with van der Waals surface area (Å²) in [5.41, 5.74) is 3.83. The van der Waals surface area contributed by atoms with Crippen LogP contribution in [0.2, 0.25) is 0 Å². The Morgan fingerprint density at radius 2 is 1.95 bits per heavy atom. The van der Waals surface area contributed by atoms with Gasteiger partial charge in [0.2, 0.25) is 0 Å². The number of para-hydroxylation sites is 1. The van der Waals surface area contributed by atoms with E-state index in [-0.39, 0.29) is 0 Å². The molecule has 1 heterocycles. The van der Waals surface area contributed by atoms with Gasteiger partial charge in [-0.05, 0) is 36.0 Å². The summed E-state index contributed by atoms with van der Waals surface area (Å²) in [7, 11) is 0. The topological polar surface area (TPSA) is 24.9 Å². The van der Waals surface area contributed by atoms with Gasteiger partial charge in [-0.25, -0.2) is 4.98 Å². The highest BCUT2D eigenvalue weighted by Crippen LogP contribution is 2.28. The van der Waals surface area contributed by atoms with E-state index in [4.69, 9.17) is 4.98 Å². The van der Waals surface area contributed by atoms with Crippen LogP contribution >= 0.6 is 0 Å². The predicted octanol–water partition coefficient (Wildman–Crippen LogP) is 5.13. The minimum absolute atomic E-state index is 0.502. The molecule has 1 N–H and O–H groups in total. The van der Waals surface area contributed by atoms with Crippen molar-refractivity contribution in [3.63, 3.8) is 0 Å². The second kappa shape index (κ2) is 6.74. The van der Waals surface area contributed by atoms with Gasteiger partial charge >= 0.3 is 0 Å². The lowest BCUT2D eigenvalue weighted by Gasteiger charge is -2.15. The number of benzene rings is 1. The zero-order valence-electron chi connectivity index (χ0n) is 13.2. The molecule has 0 bridgehead atoms. The van der Waals surface area contributed by atoms with Crippen molar-refractivity contribution in [2.45, 2.75) is 52.9 Å². The number of aromatic nitrogens is 1. The Balaban J connectivity index is 2.55. The first-order valence-electron chi connectivity index (χ1n) is 7.83. The Labute approximate surface area is 122 Å². The van der Waals surface area contributed by atoms with Crippen molar-refractivity contribution in [1.29, 1.82) is 0 Å². The summed E-state index contributed by atoms with van der Waals surface area (Å²) in [5.74, 6) is 1.58. The zero-order valence-corrected chi connectivity index (χ0v) is 13.2. The standard InChI is InChI=1S/C18H26N2/c1-5-8-15-12-14-9-7-10-16(13(3)4)17(14)20-18(15)19-11-6-2/h7,9-10,12-13H,5-6,8,11H2,1-4H3,(H,19,20). The maximum atomic E-state index is 4.94. The molecule has 1 aromatic carbocycles. The van der Waals surface area contributed by atoms with Crippen molar-refractivity contribution in [2.24, 2.45) is 0 Å². The first-order chi connectivity index (χ1) is 9.67. The third-order valence-electron chi connectivity index (χ3n) is 3.64. The average molecular weight is 270 g/mol. The highest BCUT2D eigenvalue weighted by Gasteiger charge is 2.10. The molecule has 2 rings (SSSR count). The van der Waals surface area contributed by atoms with E-state index < -0.39 is 0 Å².